The van der Waals surface area contributed by atoms with Crippen LogP contribution in [-0.4, -0.2) is 70.4 Å². The van der Waals surface area contributed by atoms with Crippen molar-refractivity contribution in [2.24, 2.45) is 5.92 Å². The van der Waals surface area contributed by atoms with Crippen LogP contribution in [0.1, 0.15) is 42.0 Å². The monoisotopic (exact) mass is 540 g/mol. The molecule has 1 aromatic heterocycles. The first kappa shape index (κ1) is 27.0. The van der Waals surface area contributed by atoms with Gasteiger partial charge in [0.2, 0.25) is 0 Å². The highest BCUT2D eigenvalue weighted by Crippen LogP contribution is 2.41. The fourth-order valence-corrected chi connectivity index (χ4v) is 6.69. The zero-order valence-electron chi connectivity index (χ0n) is 22.8. The lowest BCUT2D eigenvalue weighted by Crippen LogP contribution is -2.40. The lowest BCUT2D eigenvalue weighted by atomic mass is 9.87. The van der Waals surface area contributed by atoms with E-state index in [0.29, 0.717) is 12.5 Å². The Labute approximate surface area is 226 Å². The lowest BCUT2D eigenvalue weighted by Gasteiger charge is -2.40. The van der Waals surface area contributed by atoms with Crippen LogP contribution in [0.3, 0.4) is 0 Å². The third kappa shape index (κ3) is 6.03. The molecule has 3 aromatic rings. The molecule has 2 aliphatic heterocycles. The maximum atomic E-state index is 11.8. The number of nitrogens with zero attached hydrogens (tertiary/aromatic N) is 2. The highest BCUT2D eigenvalue weighted by atomic mass is 32.2. The van der Waals surface area contributed by atoms with Gasteiger partial charge in [-0.05, 0) is 72.9 Å². The van der Waals surface area contributed by atoms with Gasteiger partial charge in [-0.2, -0.15) is 0 Å². The lowest BCUT2D eigenvalue weighted by molar-refractivity contribution is 0.0423. The molecule has 0 radical (unpaired) electrons. The second-order valence-corrected chi connectivity index (χ2v) is 13.0. The zero-order chi connectivity index (χ0) is 26.7. The Morgan fingerprint density at radius 3 is 2.53 bits per heavy atom. The molecule has 3 heterocycles. The van der Waals surface area contributed by atoms with Crippen LogP contribution in [0.2, 0.25) is 0 Å². The number of methoxy groups -OCH3 is 2. The average molecular weight is 541 g/mol. The number of ether oxygens (including phenoxy) is 3. The summed E-state index contributed by atoms with van der Waals surface area (Å²) >= 11 is 0. The summed E-state index contributed by atoms with van der Waals surface area (Å²) in [6, 6.07) is 13.0. The van der Waals surface area contributed by atoms with E-state index in [9.17, 15) is 8.42 Å². The van der Waals surface area contributed by atoms with Crippen molar-refractivity contribution in [3.8, 4) is 11.5 Å². The largest absolute Gasteiger partial charge is 0.493 e. The van der Waals surface area contributed by atoms with Crippen LogP contribution >= 0.6 is 0 Å². The summed E-state index contributed by atoms with van der Waals surface area (Å²) in [5.74, 6) is 2.37. The summed E-state index contributed by atoms with van der Waals surface area (Å²) in [6.07, 6.45) is 8.60. The van der Waals surface area contributed by atoms with E-state index < -0.39 is 9.84 Å². The number of hydrogen-bond donors (Lipinski definition) is 0. The van der Waals surface area contributed by atoms with E-state index in [-0.39, 0.29) is 11.8 Å². The minimum atomic E-state index is -3.04. The van der Waals surface area contributed by atoms with E-state index in [2.05, 4.69) is 46.0 Å². The Kier molecular flexibility index (Phi) is 8.31. The van der Waals surface area contributed by atoms with E-state index >= 15 is 0 Å². The third-order valence-electron chi connectivity index (χ3n) is 8.21. The molecule has 1 saturated heterocycles. The Morgan fingerprint density at radius 1 is 1.05 bits per heavy atom. The number of fused-ring (bicyclic) bond motifs is 2. The third-order valence-corrected chi connectivity index (χ3v) is 9.13. The average Bonchev–Trinajstić information content (AvgIpc) is 3.28. The van der Waals surface area contributed by atoms with Crippen molar-refractivity contribution in [1.29, 1.82) is 0 Å². The first-order valence-electron chi connectivity index (χ1n) is 13.7. The molecule has 0 amide bonds. The second-order valence-electron chi connectivity index (χ2n) is 10.8. The second kappa shape index (κ2) is 11.7. The molecule has 2 aromatic carbocycles. The van der Waals surface area contributed by atoms with Gasteiger partial charge in [0.1, 0.15) is 9.84 Å². The van der Waals surface area contributed by atoms with Gasteiger partial charge in [-0.25, -0.2) is 8.42 Å². The van der Waals surface area contributed by atoms with E-state index in [4.69, 9.17) is 14.2 Å². The number of aryl methyl sites for hydroxylation is 2. The number of aromatic nitrogens is 1. The van der Waals surface area contributed by atoms with Gasteiger partial charge in [0, 0.05) is 62.2 Å². The molecule has 8 heteroatoms. The summed E-state index contributed by atoms with van der Waals surface area (Å²) in [5.41, 5.74) is 5.04. The van der Waals surface area contributed by atoms with Crippen LogP contribution in [-0.2, 0) is 34.0 Å². The number of rotatable bonds is 10. The molecule has 0 bridgehead atoms. The molecule has 38 heavy (non-hydrogen) atoms. The smallest absolute Gasteiger partial charge is 0.161 e. The number of benzene rings is 2. The quantitative estimate of drug-likeness (QED) is 0.373. The number of para-hydroxylation sites is 1. The fourth-order valence-electron chi connectivity index (χ4n) is 6.16. The summed E-state index contributed by atoms with van der Waals surface area (Å²) < 4.78 is 42.7. The first-order valence-corrected chi connectivity index (χ1v) is 15.7. The molecule has 2 aliphatic rings. The predicted molar refractivity (Wildman–Crippen MR) is 151 cm³/mol. The van der Waals surface area contributed by atoms with Crippen molar-refractivity contribution >= 4 is 20.7 Å². The van der Waals surface area contributed by atoms with Crippen molar-refractivity contribution in [3.05, 3.63) is 59.3 Å². The molecule has 0 spiro atoms. The van der Waals surface area contributed by atoms with Crippen molar-refractivity contribution in [2.75, 3.05) is 52.5 Å². The van der Waals surface area contributed by atoms with Gasteiger partial charge in [0.15, 0.2) is 11.5 Å². The minimum Gasteiger partial charge on any atom is -0.493 e. The Hall–Kier alpha value is -2.55. The fraction of sp³-hybridized carbons (Fsp3) is 0.533. The number of hydrogen-bond acceptors (Lipinski definition) is 6. The first-order chi connectivity index (χ1) is 18.4. The summed E-state index contributed by atoms with van der Waals surface area (Å²) in [7, 11) is 0.361. The van der Waals surface area contributed by atoms with Crippen LogP contribution in [0, 0.1) is 5.92 Å². The SMILES string of the molecule is COc1cc2c(cc1OC)C(CCc1cn(CCS(C)(=O)=O)c3ccccc13)N(CC1CCOCC1)CC2. The van der Waals surface area contributed by atoms with Crippen LogP contribution in [0.15, 0.2) is 42.6 Å². The van der Waals surface area contributed by atoms with E-state index in [0.717, 1.165) is 75.4 Å². The maximum Gasteiger partial charge on any atom is 0.161 e. The highest BCUT2D eigenvalue weighted by Gasteiger charge is 2.31. The van der Waals surface area contributed by atoms with E-state index in [1.165, 1.54) is 28.3 Å². The number of sulfone groups is 1. The minimum absolute atomic E-state index is 0.140. The molecule has 0 N–H and O–H groups in total. The summed E-state index contributed by atoms with van der Waals surface area (Å²) in [6.45, 7) is 4.30. The molecule has 5 rings (SSSR count). The predicted octanol–water partition coefficient (Wildman–Crippen LogP) is 4.66. The van der Waals surface area contributed by atoms with Crippen LogP contribution in [0.5, 0.6) is 11.5 Å². The Morgan fingerprint density at radius 2 is 1.79 bits per heavy atom. The van der Waals surface area contributed by atoms with Crippen LogP contribution < -0.4 is 9.47 Å². The molecule has 1 unspecified atom stereocenters. The maximum absolute atomic E-state index is 11.8. The van der Waals surface area contributed by atoms with Gasteiger partial charge in [-0.3, -0.25) is 4.90 Å². The Balaban J connectivity index is 1.44. The van der Waals surface area contributed by atoms with Crippen molar-refractivity contribution in [1.82, 2.24) is 9.47 Å². The molecule has 206 valence electrons. The van der Waals surface area contributed by atoms with Crippen LogP contribution in [0.4, 0.5) is 0 Å². The molecule has 1 fully saturated rings. The van der Waals surface area contributed by atoms with Gasteiger partial charge in [0.25, 0.3) is 0 Å². The van der Waals surface area contributed by atoms with Gasteiger partial charge >= 0.3 is 0 Å². The molecule has 1 atom stereocenters. The van der Waals surface area contributed by atoms with E-state index in [1.54, 1.807) is 14.2 Å². The summed E-state index contributed by atoms with van der Waals surface area (Å²) in [5, 5.41) is 1.21. The summed E-state index contributed by atoms with van der Waals surface area (Å²) in [4.78, 5) is 2.67. The Bertz CT molecular complexity index is 1360. The topological polar surface area (TPSA) is 70.0 Å². The molecular formula is C30H40N2O5S. The van der Waals surface area contributed by atoms with Crippen molar-refractivity contribution in [2.45, 2.75) is 44.7 Å². The van der Waals surface area contributed by atoms with Gasteiger partial charge in [-0.15, -0.1) is 0 Å². The zero-order valence-corrected chi connectivity index (χ0v) is 23.6. The normalized spacial score (nSPS) is 19.0. The highest BCUT2D eigenvalue weighted by molar-refractivity contribution is 7.90. The van der Waals surface area contributed by atoms with Crippen LogP contribution in [0.25, 0.3) is 10.9 Å². The molecule has 0 saturated carbocycles. The van der Waals surface area contributed by atoms with Gasteiger partial charge in [-0.1, -0.05) is 18.2 Å². The molecule has 7 nitrogen and oxygen atoms in total. The van der Waals surface area contributed by atoms with Gasteiger partial charge < -0.3 is 18.8 Å². The van der Waals surface area contributed by atoms with E-state index in [1.807, 2.05) is 6.07 Å². The molecular weight excluding hydrogens is 500 g/mol. The van der Waals surface area contributed by atoms with Crippen molar-refractivity contribution < 1.29 is 22.6 Å². The van der Waals surface area contributed by atoms with Gasteiger partial charge in [0.05, 0.1) is 20.0 Å². The molecule has 0 aliphatic carbocycles. The van der Waals surface area contributed by atoms with Crippen molar-refractivity contribution in [3.63, 3.8) is 0 Å². The standard InChI is InChI=1S/C30H40N2O5S/c1-35-29-18-23-10-13-31(20-22-11-15-37-16-12-22)28(26(23)19-30(29)36-2)9-8-24-21-32(14-17-38(3,33)34)27-7-5-4-6-25(24)27/h4-7,18-19,21-22,28H,8-17,20H2,1-3H3.